The number of rotatable bonds is 2. The average Bonchev–Trinajstić information content (AvgIpc) is 2.03. The van der Waals surface area contributed by atoms with Crippen LogP contribution in [0.5, 0.6) is 0 Å². The summed E-state index contributed by atoms with van der Waals surface area (Å²) in [5.74, 6) is 0.386. The maximum atomic E-state index is 11.8. The lowest BCUT2D eigenvalue weighted by atomic mass is 10.2. The van der Waals surface area contributed by atoms with Gasteiger partial charge in [-0.05, 0) is 25.5 Å². The van der Waals surface area contributed by atoms with Gasteiger partial charge < -0.3 is 0 Å². The standard InChI is InChI=1S/C10H15NOS/c1-4-13(11,12)10-6-5-8(2)7-9(10)3/h5-7,11H,4H2,1-3H3/t13-/m0/s1. The zero-order valence-corrected chi connectivity index (χ0v) is 9.07. The molecule has 0 aliphatic rings. The van der Waals surface area contributed by atoms with E-state index in [0.717, 1.165) is 11.1 Å². The van der Waals surface area contributed by atoms with Crippen molar-refractivity contribution in [3.05, 3.63) is 29.3 Å². The highest BCUT2D eigenvalue weighted by Crippen LogP contribution is 2.18. The molecule has 0 heterocycles. The van der Waals surface area contributed by atoms with Gasteiger partial charge in [0.25, 0.3) is 0 Å². The quantitative estimate of drug-likeness (QED) is 0.778. The minimum atomic E-state index is -2.55. The molecule has 1 aromatic rings. The van der Waals surface area contributed by atoms with Crippen molar-refractivity contribution < 1.29 is 4.21 Å². The van der Waals surface area contributed by atoms with Gasteiger partial charge in [-0.3, -0.25) is 0 Å². The van der Waals surface area contributed by atoms with E-state index in [0.29, 0.717) is 10.6 Å². The molecule has 0 amide bonds. The van der Waals surface area contributed by atoms with E-state index in [-0.39, 0.29) is 0 Å². The van der Waals surface area contributed by atoms with Crippen molar-refractivity contribution >= 4 is 9.73 Å². The molecular weight excluding hydrogens is 182 g/mol. The third-order valence-corrected chi connectivity index (χ3v) is 4.07. The minimum absolute atomic E-state index is 0.386. The maximum Gasteiger partial charge on any atom is 0.0725 e. The summed E-state index contributed by atoms with van der Waals surface area (Å²) in [7, 11) is -2.55. The lowest BCUT2D eigenvalue weighted by Gasteiger charge is -2.08. The molecule has 0 saturated heterocycles. The number of benzene rings is 1. The summed E-state index contributed by atoms with van der Waals surface area (Å²) in [5, 5.41) is 0. The van der Waals surface area contributed by atoms with Crippen molar-refractivity contribution in [2.24, 2.45) is 0 Å². The largest absolute Gasteiger partial charge is 0.249 e. The molecule has 0 unspecified atom stereocenters. The van der Waals surface area contributed by atoms with Crippen LogP contribution in [0.1, 0.15) is 18.1 Å². The van der Waals surface area contributed by atoms with Gasteiger partial charge in [-0.2, -0.15) is 0 Å². The highest BCUT2D eigenvalue weighted by molar-refractivity contribution is 7.92. The smallest absolute Gasteiger partial charge is 0.0725 e. The lowest BCUT2D eigenvalue weighted by Crippen LogP contribution is -2.03. The van der Waals surface area contributed by atoms with Gasteiger partial charge in [0.2, 0.25) is 0 Å². The normalized spacial score (nSPS) is 15.3. The summed E-state index contributed by atoms with van der Waals surface area (Å²) in [6.07, 6.45) is 0. The molecule has 1 N–H and O–H groups in total. The van der Waals surface area contributed by atoms with Crippen LogP contribution >= 0.6 is 0 Å². The van der Waals surface area contributed by atoms with Crippen molar-refractivity contribution in [2.75, 3.05) is 5.75 Å². The molecule has 72 valence electrons. The van der Waals surface area contributed by atoms with Gasteiger partial charge in [-0.25, -0.2) is 8.99 Å². The molecule has 0 aromatic heterocycles. The first-order valence-corrected chi connectivity index (χ1v) is 6.04. The first-order valence-electron chi connectivity index (χ1n) is 4.31. The number of hydrogen-bond acceptors (Lipinski definition) is 2. The number of aryl methyl sites for hydroxylation is 2. The third-order valence-electron chi connectivity index (χ3n) is 2.09. The summed E-state index contributed by atoms with van der Waals surface area (Å²) in [4.78, 5) is 0.681. The van der Waals surface area contributed by atoms with E-state index in [4.69, 9.17) is 4.78 Å². The average molecular weight is 197 g/mol. The molecule has 0 radical (unpaired) electrons. The Morgan fingerprint density at radius 1 is 1.38 bits per heavy atom. The second kappa shape index (κ2) is 3.50. The van der Waals surface area contributed by atoms with Crippen molar-refractivity contribution in [3.8, 4) is 0 Å². The summed E-state index contributed by atoms with van der Waals surface area (Å²) >= 11 is 0. The van der Waals surface area contributed by atoms with Crippen LogP contribution in [0, 0.1) is 18.6 Å². The van der Waals surface area contributed by atoms with Crippen LogP contribution in [0.3, 0.4) is 0 Å². The molecule has 3 heteroatoms. The zero-order valence-electron chi connectivity index (χ0n) is 8.26. The van der Waals surface area contributed by atoms with Crippen LogP contribution in [0.4, 0.5) is 0 Å². The van der Waals surface area contributed by atoms with Gasteiger partial charge >= 0.3 is 0 Å². The molecule has 1 rings (SSSR count). The first kappa shape index (κ1) is 10.3. The fourth-order valence-electron chi connectivity index (χ4n) is 1.32. The van der Waals surface area contributed by atoms with E-state index in [1.807, 2.05) is 32.0 Å². The fourth-order valence-corrected chi connectivity index (χ4v) is 2.50. The predicted molar refractivity (Wildman–Crippen MR) is 55.6 cm³/mol. The molecule has 0 saturated carbocycles. The molecule has 0 aliphatic heterocycles. The van der Waals surface area contributed by atoms with Gasteiger partial charge in [0.15, 0.2) is 0 Å². The molecule has 0 spiro atoms. The summed E-state index contributed by atoms with van der Waals surface area (Å²) < 4.78 is 19.4. The number of hydrogen-bond donors (Lipinski definition) is 1. The Hall–Kier alpha value is -0.830. The first-order chi connectivity index (χ1) is 5.97. The molecule has 1 atom stereocenters. The van der Waals surface area contributed by atoms with Crippen LogP contribution in [0.2, 0.25) is 0 Å². The van der Waals surface area contributed by atoms with Crippen LogP contribution in [-0.4, -0.2) is 9.96 Å². The van der Waals surface area contributed by atoms with Crippen LogP contribution < -0.4 is 0 Å². The van der Waals surface area contributed by atoms with Crippen molar-refractivity contribution in [1.82, 2.24) is 0 Å². The Labute approximate surface area is 80.0 Å². The SMILES string of the molecule is CC[S@](=N)(=O)c1ccc(C)cc1C. The van der Waals surface area contributed by atoms with Gasteiger partial charge in [-0.1, -0.05) is 24.6 Å². The Morgan fingerprint density at radius 3 is 2.46 bits per heavy atom. The Kier molecular flexibility index (Phi) is 2.76. The van der Waals surface area contributed by atoms with Crippen LogP contribution in [0.25, 0.3) is 0 Å². The molecule has 0 bridgehead atoms. The topological polar surface area (TPSA) is 40.9 Å². The van der Waals surface area contributed by atoms with E-state index in [9.17, 15) is 4.21 Å². The fraction of sp³-hybridized carbons (Fsp3) is 0.400. The maximum absolute atomic E-state index is 11.8. The Balaban J connectivity index is 3.33. The third kappa shape index (κ3) is 2.10. The van der Waals surface area contributed by atoms with Gasteiger partial charge in [-0.15, -0.1) is 0 Å². The Bertz CT molecular complexity index is 407. The van der Waals surface area contributed by atoms with E-state index in [1.165, 1.54) is 0 Å². The van der Waals surface area contributed by atoms with Crippen LogP contribution in [0.15, 0.2) is 23.1 Å². The van der Waals surface area contributed by atoms with Crippen molar-refractivity contribution in [1.29, 1.82) is 4.78 Å². The highest BCUT2D eigenvalue weighted by Gasteiger charge is 2.09. The molecular formula is C10H15NOS. The number of nitrogens with one attached hydrogen (secondary N) is 1. The zero-order chi connectivity index (χ0) is 10.1. The van der Waals surface area contributed by atoms with Gasteiger partial charge in [0.05, 0.1) is 14.6 Å². The van der Waals surface area contributed by atoms with Crippen LogP contribution in [-0.2, 0) is 9.73 Å². The summed E-state index contributed by atoms with van der Waals surface area (Å²) in [6.45, 7) is 5.69. The van der Waals surface area contributed by atoms with Gasteiger partial charge in [0, 0.05) is 5.75 Å². The van der Waals surface area contributed by atoms with Crippen molar-refractivity contribution in [3.63, 3.8) is 0 Å². The second-order valence-electron chi connectivity index (χ2n) is 3.23. The second-order valence-corrected chi connectivity index (χ2v) is 5.60. The van der Waals surface area contributed by atoms with E-state index in [2.05, 4.69) is 0 Å². The van der Waals surface area contributed by atoms with E-state index in [1.54, 1.807) is 6.92 Å². The minimum Gasteiger partial charge on any atom is -0.249 e. The Morgan fingerprint density at radius 2 is 2.00 bits per heavy atom. The molecule has 1 aromatic carbocycles. The highest BCUT2D eigenvalue weighted by atomic mass is 32.2. The molecule has 2 nitrogen and oxygen atoms in total. The molecule has 0 aliphatic carbocycles. The summed E-state index contributed by atoms with van der Waals surface area (Å²) in [6, 6.07) is 5.69. The molecule has 0 fully saturated rings. The lowest BCUT2D eigenvalue weighted by molar-refractivity contribution is 0.675. The van der Waals surface area contributed by atoms with Crippen molar-refractivity contribution in [2.45, 2.75) is 25.7 Å². The van der Waals surface area contributed by atoms with E-state index < -0.39 is 9.73 Å². The molecule has 13 heavy (non-hydrogen) atoms. The summed E-state index contributed by atoms with van der Waals surface area (Å²) in [5.41, 5.74) is 2.11. The van der Waals surface area contributed by atoms with Gasteiger partial charge in [0.1, 0.15) is 0 Å². The van der Waals surface area contributed by atoms with E-state index >= 15 is 0 Å². The predicted octanol–water partition coefficient (Wildman–Crippen LogP) is 2.73. The monoisotopic (exact) mass is 197 g/mol.